The van der Waals surface area contributed by atoms with E-state index in [1.54, 1.807) is 18.2 Å². The van der Waals surface area contributed by atoms with Crippen molar-refractivity contribution in [3.8, 4) is 5.75 Å². The first-order valence-electron chi connectivity index (χ1n) is 11.4. The predicted octanol–water partition coefficient (Wildman–Crippen LogP) is 5.32. The van der Waals surface area contributed by atoms with Crippen LogP contribution in [0.2, 0.25) is 0 Å². The molecule has 1 N–H and O–H groups in total. The van der Waals surface area contributed by atoms with Gasteiger partial charge in [-0.2, -0.15) is 0 Å². The molecule has 0 amide bonds. The first-order chi connectivity index (χ1) is 17.2. The van der Waals surface area contributed by atoms with Crippen molar-refractivity contribution in [3.05, 3.63) is 151 Å². The van der Waals surface area contributed by atoms with Crippen LogP contribution < -0.4 is 21.2 Å². The van der Waals surface area contributed by atoms with E-state index in [9.17, 15) is 9.90 Å². The fourth-order valence-electron chi connectivity index (χ4n) is 4.82. The van der Waals surface area contributed by atoms with Gasteiger partial charge < -0.3 is 0 Å². The molecule has 0 aromatic heterocycles. The van der Waals surface area contributed by atoms with Gasteiger partial charge in [0.15, 0.2) is 0 Å². The molecule has 5 aromatic rings. The second-order valence-electron chi connectivity index (χ2n) is 8.27. The Labute approximate surface area is 205 Å². The van der Waals surface area contributed by atoms with Crippen molar-refractivity contribution in [2.45, 2.75) is 0 Å². The molecule has 0 unspecified atom stereocenters. The minimum absolute atomic E-state index is 0.114. The first-order valence-corrected chi connectivity index (χ1v) is 13.6. The van der Waals surface area contributed by atoms with Crippen LogP contribution in [0.1, 0.15) is 10.4 Å². The van der Waals surface area contributed by atoms with E-state index in [2.05, 4.69) is 0 Å². The van der Waals surface area contributed by atoms with E-state index in [1.165, 1.54) is 6.07 Å². The van der Waals surface area contributed by atoms with Crippen LogP contribution in [-0.2, 0) is 4.52 Å². The Kier molecular flexibility index (Phi) is 5.94. The van der Waals surface area contributed by atoms with Gasteiger partial charge in [-0.05, 0) is 0 Å². The Balaban J connectivity index is 1.98. The number of para-hydroxylation sites is 1. The van der Waals surface area contributed by atoms with Crippen molar-refractivity contribution in [1.29, 1.82) is 0 Å². The summed E-state index contributed by atoms with van der Waals surface area (Å²) in [7, 11) is 0. The van der Waals surface area contributed by atoms with Crippen LogP contribution in [0.5, 0.6) is 5.75 Å². The molecule has 0 spiro atoms. The van der Waals surface area contributed by atoms with Gasteiger partial charge in [0.2, 0.25) is 0 Å². The van der Waals surface area contributed by atoms with Crippen molar-refractivity contribution in [3.63, 3.8) is 0 Å². The summed E-state index contributed by atoms with van der Waals surface area (Å²) in [6, 6.07) is 46.4. The van der Waals surface area contributed by atoms with Gasteiger partial charge in [0, 0.05) is 0 Å². The predicted molar refractivity (Wildman–Crippen MR) is 145 cm³/mol. The summed E-state index contributed by atoms with van der Waals surface area (Å²) < 4.78 is 6.97. The summed E-state index contributed by atoms with van der Waals surface area (Å²) >= 11 is 0. The van der Waals surface area contributed by atoms with Crippen LogP contribution in [0.3, 0.4) is 0 Å². The van der Waals surface area contributed by atoms with E-state index in [4.69, 9.17) is 4.52 Å². The fourth-order valence-corrected chi connectivity index (χ4v) is 10.4. The van der Waals surface area contributed by atoms with Crippen LogP contribution in [0, 0.1) is 0 Å². The molecule has 0 saturated carbocycles. The van der Waals surface area contributed by atoms with Crippen LogP contribution in [0.15, 0.2) is 146 Å². The van der Waals surface area contributed by atoms with Crippen LogP contribution in [0.4, 0.5) is 0 Å². The third-order valence-electron chi connectivity index (χ3n) is 6.39. The third-order valence-corrected chi connectivity index (χ3v) is 12.1. The number of carbonyl (C=O) groups is 1. The molecule has 0 aliphatic carbocycles. The van der Waals surface area contributed by atoms with E-state index in [0.717, 1.165) is 21.2 Å². The number of phenols is 1. The van der Waals surface area contributed by atoms with E-state index in [-0.39, 0.29) is 11.3 Å². The zero-order chi connectivity index (χ0) is 24.2. The van der Waals surface area contributed by atoms with Gasteiger partial charge >= 0.3 is 205 Å². The van der Waals surface area contributed by atoms with Gasteiger partial charge in [0.1, 0.15) is 0 Å². The topological polar surface area (TPSA) is 46.5 Å². The van der Waals surface area contributed by atoms with E-state index in [1.807, 2.05) is 121 Å². The molecular formula is C31H25O3P. The second-order valence-corrected chi connectivity index (χ2v) is 12.6. The van der Waals surface area contributed by atoms with Gasteiger partial charge in [-0.1, -0.05) is 0 Å². The van der Waals surface area contributed by atoms with Crippen molar-refractivity contribution in [2.75, 3.05) is 0 Å². The van der Waals surface area contributed by atoms with Crippen LogP contribution >= 0.6 is 6.83 Å². The molecule has 0 aliphatic heterocycles. The van der Waals surface area contributed by atoms with Crippen LogP contribution in [-0.4, -0.2) is 11.1 Å². The zero-order valence-electron chi connectivity index (χ0n) is 19.1. The Morgan fingerprint density at radius 2 is 0.800 bits per heavy atom. The molecule has 0 fully saturated rings. The van der Waals surface area contributed by atoms with Crippen molar-refractivity contribution < 1.29 is 14.4 Å². The number of carbonyl (C=O) groups excluding carboxylic acids is 1. The molecular weight excluding hydrogens is 451 g/mol. The third kappa shape index (κ3) is 3.53. The first kappa shape index (κ1) is 22.6. The average Bonchev–Trinajstić information content (AvgIpc) is 2.94. The summed E-state index contributed by atoms with van der Waals surface area (Å²) in [5.41, 5.74) is 0.125. The molecule has 0 saturated heterocycles. The minimum atomic E-state index is -4.11. The van der Waals surface area contributed by atoms with Gasteiger partial charge in [0.25, 0.3) is 0 Å². The Bertz CT molecular complexity index is 1270. The Hall–Kier alpha value is -4.20. The molecule has 5 rings (SSSR count). The zero-order valence-corrected chi connectivity index (χ0v) is 20.0. The quantitative estimate of drug-likeness (QED) is 0.338. The number of hydrogen-bond donors (Lipinski definition) is 1. The second kappa shape index (κ2) is 9.21. The molecule has 0 atom stereocenters. The average molecular weight is 477 g/mol. The SMILES string of the molecule is O=C(OP(c1ccccc1)(c1ccccc1)(c1ccccc1)c1ccccc1)c1ccccc1O. The normalized spacial score (nSPS) is 12.3. The van der Waals surface area contributed by atoms with Crippen molar-refractivity contribution in [1.82, 2.24) is 0 Å². The number of aromatic hydroxyl groups is 1. The summed E-state index contributed by atoms with van der Waals surface area (Å²) in [5, 5.41) is 14.1. The molecule has 0 heterocycles. The number of hydrogen-bond acceptors (Lipinski definition) is 3. The summed E-state index contributed by atoms with van der Waals surface area (Å²) in [6.07, 6.45) is 0. The maximum atomic E-state index is 14.0. The Morgan fingerprint density at radius 3 is 1.14 bits per heavy atom. The van der Waals surface area contributed by atoms with E-state index in [0.29, 0.717) is 0 Å². The monoisotopic (exact) mass is 476 g/mol. The molecule has 0 aliphatic rings. The van der Waals surface area contributed by atoms with E-state index >= 15 is 0 Å². The molecule has 4 heteroatoms. The van der Waals surface area contributed by atoms with Crippen molar-refractivity contribution in [2.24, 2.45) is 0 Å². The summed E-state index contributed by atoms with van der Waals surface area (Å²) in [6.45, 7) is -4.11. The molecule has 3 nitrogen and oxygen atoms in total. The van der Waals surface area contributed by atoms with Crippen LogP contribution in [0.25, 0.3) is 0 Å². The van der Waals surface area contributed by atoms with Gasteiger partial charge in [-0.15, -0.1) is 0 Å². The van der Waals surface area contributed by atoms with Gasteiger partial charge in [-0.3, -0.25) is 0 Å². The molecule has 0 radical (unpaired) electrons. The summed E-state index contributed by atoms with van der Waals surface area (Å²) in [5.74, 6) is -0.697. The molecule has 5 aromatic carbocycles. The standard InChI is InChI=1S/C31H25O3P/c32-30-24-14-13-23-29(30)31(33)34-35(25-15-5-1-6-16-25,26-17-7-2-8-18-26,27-19-9-3-10-20-27)28-21-11-4-12-22-28/h1-24,32H. The maximum absolute atomic E-state index is 14.0. The molecule has 0 bridgehead atoms. The Morgan fingerprint density at radius 1 is 0.486 bits per heavy atom. The number of rotatable bonds is 6. The number of phenolic OH excluding ortho intramolecular Hbond substituents is 1. The van der Waals surface area contributed by atoms with Gasteiger partial charge in [-0.25, -0.2) is 0 Å². The number of benzene rings is 5. The van der Waals surface area contributed by atoms with E-state index < -0.39 is 12.8 Å². The molecule has 172 valence electrons. The summed E-state index contributed by atoms with van der Waals surface area (Å²) in [4.78, 5) is 14.0. The molecule has 35 heavy (non-hydrogen) atoms. The van der Waals surface area contributed by atoms with Crippen molar-refractivity contribution >= 4 is 34.0 Å². The fraction of sp³-hybridized carbons (Fsp3) is 0. The van der Waals surface area contributed by atoms with Gasteiger partial charge in [0.05, 0.1) is 0 Å².